The molecular weight excluding hydrogens is 314 g/mol. The molecule has 0 spiro atoms. The van der Waals surface area contributed by atoms with Gasteiger partial charge in [-0.05, 0) is 38.8 Å². The van der Waals surface area contributed by atoms with E-state index in [4.69, 9.17) is 9.47 Å². The van der Waals surface area contributed by atoms with Crippen LogP contribution in [0.4, 0.5) is 0 Å². The van der Waals surface area contributed by atoms with Crippen LogP contribution in [0, 0.1) is 0 Å². The molecule has 0 saturated heterocycles. The summed E-state index contributed by atoms with van der Waals surface area (Å²) >= 11 is 0. The Morgan fingerprint density at radius 1 is 1.40 bits per heavy atom. The number of nitrogens with one attached hydrogen (secondary N) is 1. The van der Waals surface area contributed by atoms with E-state index in [1.54, 1.807) is 0 Å². The fraction of sp³-hybridized carbons (Fsp3) is 0.550. The lowest BCUT2D eigenvalue weighted by Gasteiger charge is -2.24. The Balaban J connectivity index is 1.45. The van der Waals surface area contributed by atoms with Crippen LogP contribution in [0.2, 0.25) is 0 Å². The van der Waals surface area contributed by atoms with E-state index in [1.165, 1.54) is 29.8 Å². The molecule has 5 heteroatoms. The van der Waals surface area contributed by atoms with Gasteiger partial charge < -0.3 is 19.4 Å². The monoisotopic (exact) mass is 341 g/mol. The first-order chi connectivity index (χ1) is 12.2. The van der Waals surface area contributed by atoms with Gasteiger partial charge in [0.15, 0.2) is 0 Å². The zero-order valence-corrected chi connectivity index (χ0v) is 15.1. The van der Waals surface area contributed by atoms with Crippen molar-refractivity contribution < 1.29 is 9.47 Å². The van der Waals surface area contributed by atoms with Gasteiger partial charge in [0.2, 0.25) is 0 Å². The van der Waals surface area contributed by atoms with Gasteiger partial charge in [0, 0.05) is 55.5 Å². The van der Waals surface area contributed by atoms with E-state index in [0.29, 0.717) is 12.5 Å². The first kappa shape index (κ1) is 16.5. The summed E-state index contributed by atoms with van der Waals surface area (Å²) in [5.74, 6) is 3.71. The summed E-state index contributed by atoms with van der Waals surface area (Å²) in [4.78, 5) is 4.55. The third-order valence-electron chi connectivity index (χ3n) is 5.12. The normalized spacial score (nSPS) is 21.5. The topological polar surface area (TPSA) is 48.3 Å². The Bertz CT molecular complexity index is 741. The number of ether oxygens (including phenoxy) is 2. The van der Waals surface area contributed by atoms with Gasteiger partial charge in [-0.25, -0.2) is 4.98 Å². The molecule has 5 nitrogen and oxygen atoms in total. The van der Waals surface area contributed by atoms with Crippen LogP contribution in [0.5, 0.6) is 11.5 Å². The van der Waals surface area contributed by atoms with Gasteiger partial charge in [-0.15, -0.1) is 0 Å². The van der Waals surface area contributed by atoms with Crippen molar-refractivity contribution in [1.29, 1.82) is 0 Å². The van der Waals surface area contributed by atoms with Gasteiger partial charge in [0.25, 0.3) is 0 Å². The molecule has 1 aromatic heterocycles. The van der Waals surface area contributed by atoms with Crippen molar-refractivity contribution in [2.24, 2.45) is 0 Å². The first-order valence-electron chi connectivity index (χ1n) is 9.41. The van der Waals surface area contributed by atoms with Crippen LogP contribution >= 0.6 is 0 Å². The fourth-order valence-electron chi connectivity index (χ4n) is 4.04. The van der Waals surface area contributed by atoms with E-state index >= 15 is 0 Å². The van der Waals surface area contributed by atoms with E-state index in [0.717, 1.165) is 37.6 Å². The number of fused-ring (bicyclic) bond motifs is 2. The van der Waals surface area contributed by atoms with E-state index in [1.807, 2.05) is 13.1 Å². The van der Waals surface area contributed by atoms with Crippen LogP contribution in [0.3, 0.4) is 0 Å². The lowest BCUT2D eigenvalue weighted by molar-refractivity contribution is 0.252. The van der Waals surface area contributed by atoms with Crippen molar-refractivity contribution in [2.45, 2.75) is 58.2 Å². The molecule has 0 saturated carbocycles. The SMILES string of the molecule is CCOc1cc(CNC[C@H]2CCCn3ccnc32)c2c(c1)C[C@H](C)O2. The van der Waals surface area contributed by atoms with Gasteiger partial charge in [0.05, 0.1) is 6.61 Å². The number of aryl methyl sites for hydroxylation is 1. The fourth-order valence-corrected chi connectivity index (χ4v) is 4.04. The molecule has 0 amide bonds. The minimum absolute atomic E-state index is 0.247. The van der Waals surface area contributed by atoms with Crippen molar-refractivity contribution in [3.05, 3.63) is 41.5 Å². The highest BCUT2D eigenvalue weighted by Gasteiger charge is 2.24. The summed E-state index contributed by atoms with van der Waals surface area (Å²) in [5.41, 5.74) is 2.47. The van der Waals surface area contributed by atoms with Crippen LogP contribution < -0.4 is 14.8 Å². The number of aromatic nitrogens is 2. The van der Waals surface area contributed by atoms with Crippen LogP contribution in [0.1, 0.15) is 49.6 Å². The zero-order chi connectivity index (χ0) is 17.2. The van der Waals surface area contributed by atoms with Crippen LogP contribution in [0.25, 0.3) is 0 Å². The van der Waals surface area contributed by atoms with Crippen molar-refractivity contribution in [3.8, 4) is 11.5 Å². The van der Waals surface area contributed by atoms with Gasteiger partial charge in [-0.1, -0.05) is 0 Å². The van der Waals surface area contributed by atoms with Crippen LogP contribution in [-0.4, -0.2) is 28.8 Å². The summed E-state index contributed by atoms with van der Waals surface area (Å²) < 4.78 is 14.1. The lowest BCUT2D eigenvalue weighted by Crippen LogP contribution is -2.26. The Labute approximate surface area is 149 Å². The minimum Gasteiger partial charge on any atom is -0.494 e. The third kappa shape index (κ3) is 3.38. The van der Waals surface area contributed by atoms with Crippen LogP contribution in [-0.2, 0) is 19.5 Å². The Morgan fingerprint density at radius 2 is 2.32 bits per heavy atom. The molecule has 1 aromatic carbocycles. The third-order valence-corrected chi connectivity index (χ3v) is 5.12. The number of benzene rings is 1. The maximum absolute atomic E-state index is 6.05. The number of rotatable bonds is 6. The Hall–Kier alpha value is -2.01. The highest BCUT2D eigenvalue weighted by molar-refractivity contribution is 5.49. The van der Waals surface area contributed by atoms with Gasteiger partial charge in [-0.3, -0.25) is 0 Å². The molecule has 2 atom stereocenters. The summed E-state index contributed by atoms with van der Waals surface area (Å²) in [5, 5.41) is 3.63. The first-order valence-corrected chi connectivity index (χ1v) is 9.41. The predicted molar refractivity (Wildman–Crippen MR) is 97.3 cm³/mol. The molecule has 0 fully saturated rings. The molecule has 4 rings (SSSR count). The molecule has 0 aliphatic carbocycles. The molecule has 2 aromatic rings. The van der Waals surface area contributed by atoms with E-state index in [-0.39, 0.29) is 6.10 Å². The maximum Gasteiger partial charge on any atom is 0.127 e. The Morgan fingerprint density at radius 3 is 3.20 bits per heavy atom. The van der Waals surface area contributed by atoms with Crippen molar-refractivity contribution in [2.75, 3.05) is 13.2 Å². The Kier molecular flexibility index (Phi) is 4.66. The molecule has 0 unspecified atom stereocenters. The smallest absolute Gasteiger partial charge is 0.127 e. The van der Waals surface area contributed by atoms with Gasteiger partial charge in [0.1, 0.15) is 23.4 Å². The van der Waals surface area contributed by atoms with E-state index in [9.17, 15) is 0 Å². The number of hydrogen-bond donors (Lipinski definition) is 1. The largest absolute Gasteiger partial charge is 0.494 e. The molecule has 2 aliphatic heterocycles. The molecule has 134 valence electrons. The zero-order valence-electron chi connectivity index (χ0n) is 15.1. The highest BCUT2D eigenvalue weighted by atomic mass is 16.5. The number of hydrogen-bond acceptors (Lipinski definition) is 4. The number of imidazole rings is 1. The van der Waals surface area contributed by atoms with Gasteiger partial charge in [-0.2, -0.15) is 0 Å². The van der Waals surface area contributed by atoms with Crippen molar-refractivity contribution in [3.63, 3.8) is 0 Å². The molecule has 1 N–H and O–H groups in total. The molecule has 3 heterocycles. The van der Waals surface area contributed by atoms with E-state index in [2.05, 4.69) is 40.1 Å². The minimum atomic E-state index is 0.247. The molecule has 2 aliphatic rings. The maximum atomic E-state index is 6.05. The average Bonchev–Trinajstić information content (AvgIpc) is 3.21. The molecule has 0 bridgehead atoms. The molecule has 25 heavy (non-hydrogen) atoms. The molecule has 0 radical (unpaired) electrons. The number of nitrogens with zero attached hydrogens (tertiary/aromatic N) is 2. The predicted octanol–water partition coefficient (Wildman–Crippen LogP) is 3.27. The summed E-state index contributed by atoms with van der Waals surface area (Å²) in [7, 11) is 0. The summed E-state index contributed by atoms with van der Waals surface area (Å²) in [6, 6.07) is 4.25. The summed E-state index contributed by atoms with van der Waals surface area (Å²) in [6.45, 7) is 7.68. The second kappa shape index (κ2) is 7.08. The second-order valence-corrected chi connectivity index (χ2v) is 7.09. The standard InChI is InChI=1S/C20H27N3O2/c1-3-24-18-10-16-9-14(2)25-19(16)17(11-18)13-21-12-15-5-4-7-23-8-6-22-20(15)23/h6,8,10-11,14-15,21H,3-5,7,9,12-13H2,1-2H3/t14-,15+/m0/s1. The second-order valence-electron chi connectivity index (χ2n) is 7.09. The summed E-state index contributed by atoms with van der Waals surface area (Å²) in [6.07, 6.45) is 7.65. The quantitative estimate of drug-likeness (QED) is 0.876. The van der Waals surface area contributed by atoms with E-state index < -0.39 is 0 Å². The van der Waals surface area contributed by atoms with Crippen molar-refractivity contribution >= 4 is 0 Å². The highest BCUT2D eigenvalue weighted by Crippen LogP contribution is 2.36. The van der Waals surface area contributed by atoms with Crippen molar-refractivity contribution in [1.82, 2.24) is 14.9 Å². The molecular formula is C20H27N3O2. The average molecular weight is 341 g/mol. The van der Waals surface area contributed by atoms with Gasteiger partial charge >= 0.3 is 0 Å². The van der Waals surface area contributed by atoms with Crippen LogP contribution in [0.15, 0.2) is 24.5 Å². The lowest BCUT2D eigenvalue weighted by atomic mass is 9.98.